The van der Waals surface area contributed by atoms with Gasteiger partial charge in [-0.2, -0.15) is 8.42 Å². The van der Waals surface area contributed by atoms with E-state index in [1.54, 1.807) is 0 Å². The van der Waals surface area contributed by atoms with Crippen LogP contribution in [0.5, 0.6) is 0 Å². The molecule has 0 heterocycles. The first-order valence-corrected chi connectivity index (χ1v) is 5.20. The molecule has 0 aliphatic heterocycles. The third-order valence-electron chi connectivity index (χ3n) is 0.445. The standard InChI is InChI=1S/C2H7O6PS/c1-10(5,6)8-2-7-9(3)4/h9H,2H2,1H3,(H,3,4). The minimum Gasteiger partial charge on any atom is -0.326 e. The molecule has 0 aromatic rings. The van der Waals surface area contributed by atoms with Crippen molar-refractivity contribution in [2.75, 3.05) is 13.0 Å². The van der Waals surface area contributed by atoms with Gasteiger partial charge >= 0.3 is 8.25 Å². The van der Waals surface area contributed by atoms with Gasteiger partial charge in [-0.15, -0.1) is 0 Å². The fourth-order valence-electron chi connectivity index (χ4n) is 0.162. The highest BCUT2D eigenvalue weighted by Crippen LogP contribution is 2.13. The van der Waals surface area contributed by atoms with E-state index < -0.39 is 25.2 Å². The molecule has 10 heavy (non-hydrogen) atoms. The van der Waals surface area contributed by atoms with E-state index in [-0.39, 0.29) is 0 Å². The molecule has 0 radical (unpaired) electrons. The minimum atomic E-state index is -3.58. The number of hydrogen-bond acceptors (Lipinski definition) is 5. The summed E-state index contributed by atoms with van der Waals surface area (Å²) in [6.07, 6.45) is 0.810. The van der Waals surface area contributed by atoms with E-state index in [9.17, 15) is 13.0 Å². The van der Waals surface area contributed by atoms with Crippen molar-refractivity contribution >= 4 is 18.4 Å². The van der Waals surface area contributed by atoms with E-state index in [1.807, 2.05) is 0 Å². The van der Waals surface area contributed by atoms with Crippen LogP contribution in [0.25, 0.3) is 0 Å². The highest BCUT2D eigenvalue weighted by atomic mass is 32.2. The molecular weight excluding hydrogens is 183 g/mol. The molecule has 0 saturated carbocycles. The lowest BCUT2D eigenvalue weighted by Crippen LogP contribution is -2.04. The normalized spacial score (nSPS) is 15.0. The summed E-state index contributed by atoms with van der Waals surface area (Å²) >= 11 is 0. The first-order valence-electron chi connectivity index (χ1n) is 2.12. The number of hydrogen-bond donors (Lipinski definition) is 1. The van der Waals surface area contributed by atoms with Crippen LogP contribution in [0.15, 0.2) is 0 Å². The van der Waals surface area contributed by atoms with E-state index in [2.05, 4.69) is 8.71 Å². The monoisotopic (exact) mass is 190 g/mol. The first-order chi connectivity index (χ1) is 4.42. The Morgan fingerprint density at radius 3 is 2.40 bits per heavy atom. The quantitative estimate of drug-likeness (QED) is 0.359. The molecule has 62 valence electrons. The predicted molar refractivity (Wildman–Crippen MR) is 33.1 cm³/mol. The van der Waals surface area contributed by atoms with E-state index in [1.165, 1.54) is 0 Å². The Kier molecular flexibility index (Phi) is 4.07. The zero-order valence-corrected chi connectivity index (χ0v) is 6.92. The highest BCUT2D eigenvalue weighted by molar-refractivity contribution is 7.85. The van der Waals surface area contributed by atoms with Gasteiger partial charge in [0.15, 0.2) is 6.79 Å². The maximum absolute atomic E-state index is 10.1. The lowest BCUT2D eigenvalue weighted by Gasteiger charge is -1.97. The van der Waals surface area contributed by atoms with Crippen molar-refractivity contribution in [1.29, 1.82) is 0 Å². The van der Waals surface area contributed by atoms with Crippen molar-refractivity contribution in [1.82, 2.24) is 0 Å². The molecule has 0 aliphatic rings. The van der Waals surface area contributed by atoms with Gasteiger partial charge in [0, 0.05) is 0 Å². The van der Waals surface area contributed by atoms with Crippen molar-refractivity contribution in [2.24, 2.45) is 0 Å². The van der Waals surface area contributed by atoms with Crippen molar-refractivity contribution in [2.45, 2.75) is 0 Å². The molecule has 0 bridgehead atoms. The van der Waals surface area contributed by atoms with Crippen LogP contribution in [0, 0.1) is 0 Å². The van der Waals surface area contributed by atoms with Crippen LogP contribution in [-0.4, -0.2) is 26.4 Å². The fourth-order valence-corrected chi connectivity index (χ4v) is 0.630. The summed E-state index contributed by atoms with van der Waals surface area (Å²) in [5.41, 5.74) is 0. The Bertz CT molecular complexity index is 206. The van der Waals surface area contributed by atoms with Gasteiger partial charge in [0.05, 0.1) is 6.26 Å². The summed E-state index contributed by atoms with van der Waals surface area (Å²) in [6.45, 7) is -0.715. The summed E-state index contributed by atoms with van der Waals surface area (Å²) in [5.74, 6) is 0. The topological polar surface area (TPSA) is 89.9 Å². The van der Waals surface area contributed by atoms with Crippen molar-refractivity contribution in [3.8, 4) is 0 Å². The molecule has 0 rings (SSSR count). The molecule has 6 nitrogen and oxygen atoms in total. The van der Waals surface area contributed by atoms with Gasteiger partial charge in [-0.25, -0.2) is 4.18 Å². The lowest BCUT2D eigenvalue weighted by molar-refractivity contribution is 0.122. The van der Waals surface area contributed by atoms with Gasteiger partial charge in [-0.1, -0.05) is 0 Å². The average Bonchev–Trinajstić information content (AvgIpc) is 1.59. The molecule has 8 heteroatoms. The molecule has 0 fully saturated rings. The van der Waals surface area contributed by atoms with Gasteiger partial charge < -0.3 is 4.89 Å². The lowest BCUT2D eigenvalue weighted by atomic mass is 11.6. The zero-order chi connectivity index (χ0) is 8.20. The molecule has 0 aromatic heterocycles. The van der Waals surface area contributed by atoms with Crippen LogP contribution < -0.4 is 0 Å². The third-order valence-corrected chi connectivity index (χ3v) is 1.33. The Labute approximate surface area is 58.8 Å². The molecule has 0 aliphatic carbocycles. The van der Waals surface area contributed by atoms with Crippen molar-refractivity contribution in [3.63, 3.8) is 0 Å². The molecule has 1 atom stereocenters. The van der Waals surface area contributed by atoms with Gasteiger partial charge in [0.2, 0.25) is 0 Å². The van der Waals surface area contributed by atoms with E-state index in [0.29, 0.717) is 0 Å². The Balaban J connectivity index is 3.49. The Hall–Kier alpha value is 0.0600. The second kappa shape index (κ2) is 4.05. The summed E-state index contributed by atoms with van der Waals surface area (Å²) in [7, 11) is -6.67. The maximum Gasteiger partial charge on any atom is 0.318 e. The molecule has 0 saturated heterocycles. The van der Waals surface area contributed by atoms with Crippen molar-refractivity contribution in [3.05, 3.63) is 0 Å². The fraction of sp³-hybridized carbons (Fsp3) is 1.00. The largest absolute Gasteiger partial charge is 0.326 e. The predicted octanol–water partition coefficient (Wildman–Crippen LogP) is -0.681. The first kappa shape index (κ1) is 10.1. The summed E-state index contributed by atoms with van der Waals surface area (Å²) in [6, 6.07) is 0. The summed E-state index contributed by atoms with van der Waals surface area (Å²) in [4.78, 5) is 8.00. The van der Waals surface area contributed by atoms with Crippen LogP contribution in [0.4, 0.5) is 0 Å². The molecule has 0 amide bonds. The summed E-state index contributed by atoms with van der Waals surface area (Å²) in [5, 5.41) is 0. The van der Waals surface area contributed by atoms with Gasteiger partial charge in [0.25, 0.3) is 10.1 Å². The molecule has 1 N–H and O–H groups in total. The minimum absolute atomic E-state index is 0.715. The van der Waals surface area contributed by atoms with Crippen LogP contribution >= 0.6 is 8.25 Å². The van der Waals surface area contributed by atoms with E-state index in [4.69, 9.17) is 4.89 Å². The second-order valence-corrected chi connectivity index (χ2v) is 3.81. The molecule has 1 unspecified atom stereocenters. The van der Waals surface area contributed by atoms with Crippen LogP contribution in [0.1, 0.15) is 0 Å². The molecular formula is C2H7O6PS. The number of rotatable bonds is 4. The average molecular weight is 190 g/mol. The zero-order valence-electron chi connectivity index (χ0n) is 5.10. The molecule has 0 aromatic carbocycles. The SMILES string of the molecule is CS(=O)(=O)OCO[PH](=O)O. The highest BCUT2D eigenvalue weighted by Gasteiger charge is 2.01. The second-order valence-electron chi connectivity index (χ2n) is 1.35. The maximum atomic E-state index is 10.1. The van der Waals surface area contributed by atoms with E-state index in [0.717, 1.165) is 6.26 Å². The van der Waals surface area contributed by atoms with Crippen molar-refractivity contribution < 1.29 is 26.6 Å². The van der Waals surface area contributed by atoms with Crippen LogP contribution in [0.3, 0.4) is 0 Å². The Morgan fingerprint density at radius 1 is 1.60 bits per heavy atom. The van der Waals surface area contributed by atoms with Crippen LogP contribution in [-0.2, 0) is 23.4 Å². The summed E-state index contributed by atoms with van der Waals surface area (Å²) < 4.78 is 37.9. The molecule has 0 spiro atoms. The van der Waals surface area contributed by atoms with Gasteiger partial charge in [-0.05, 0) is 0 Å². The Morgan fingerprint density at radius 2 is 2.10 bits per heavy atom. The van der Waals surface area contributed by atoms with Gasteiger partial charge in [0.1, 0.15) is 0 Å². The van der Waals surface area contributed by atoms with Crippen LogP contribution in [0.2, 0.25) is 0 Å². The van der Waals surface area contributed by atoms with E-state index >= 15 is 0 Å². The smallest absolute Gasteiger partial charge is 0.318 e. The van der Waals surface area contributed by atoms with Gasteiger partial charge in [-0.3, -0.25) is 9.09 Å². The third kappa shape index (κ3) is 8.06.